The number of aromatic amines is 1. The van der Waals surface area contributed by atoms with Gasteiger partial charge >= 0.3 is 0 Å². The summed E-state index contributed by atoms with van der Waals surface area (Å²) in [5.41, 5.74) is 4.37. The summed E-state index contributed by atoms with van der Waals surface area (Å²) in [6.07, 6.45) is 0.824. The predicted molar refractivity (Wildman–Crippen MR) is 80.4 cm³/mol. The molecule has 4 nitrogen and oxygen atoms in total. The highest BCUT2D eigenvalue weighted by Gasteiger charge is 2.30. The van der Waals surface area contributed by atoms with Gasteiger partial charge in [0.15, 0.2) is 0 Å². The second kappa shape index (κ2) is 4.62. The number of fused-ring (bicyclic) bond motifs is 3. The molecule has 1 atom stereocenters. The van der Waals surface area contributed by atoms with E-state index < -0.39 is 0 Å². The molecule has 106 valence electrons. The van der Waals surface area contributed by atoms with E-state index >= 15 is 0 Å². The van der Waals surface area contributed by atoms with Crippen LogP contribution < -0.4 is 0 Å². The van der Waals surface area contributed by atoms with Gasteiger partial charge in [0.1, 0.15) is 11.8 Å². The molecule has 1 aromatic heterocycles. The first-order chi connectivity index (χ1) is 10.2. The van der Waals surface area contributed by atoms with Gasteiger partial charge in [0, 0.05) is 23.1 Å². The van der Waals surface area contributed by atoms with Crippen LogP contribution in [-0.4, -0.2) is 26.9 Å². The van der Waals surface area contributed by atoms with Crippen molar-refractivity contribution in [2.45, 2.75) is 12.5 Å². The van der Waals surface area contributed by atoms with Crippen molar-refractivity contribution in [3.8, 4) is 5.75 Å². The summed E-state index contributed by atoms with van der Waals surface area (Å²) >= 11 is 0. The fraction of sp³-hybridized carbons (Fsp3) is 0.176. The Morgan fingerprint density at radius 3 is 2.62 bits per heavy atom. The molecule has 0 radical (unpaired) electrons. The number of benzene rings is 2. The van der Waals surface area contributed by atoms with Crippen molar-refractivity contribution < 1.29 is 10.3 Å². The lowest BCUT2D eigenvalue weighted by atomic mass is 9.94. The number of hydroxylamine groups is 2. The number of nitrogens with one attached hydrogen (secondary N) is 1. The molecule has 4 rings (SSSR count). The minimum Gasteiger partial charge on any atom is -0.508 e. The molecule has 2 heterocycles. The molecule has 4 heteroatoms. The summed E-state index contributed by atoms with van der Waals surface area (Å²) in [4.78, 5) is 3.45. The molecule has 0 saturated heterocycles. The lowest BCUT2D eigenvalue weighted by Crippen LogP contribution is -2.33. The van der Waals surface area contributed by atoms with Crippen LogP contribution in [0.5, 0.6) is 5.75 Å². The van der Waals surface area contributed by atoms with Crippen LogP contribution in [0.2, 0.25) is 0 Å². The monoisotopic (exact) mass is 280 g/mol. The minimum absolute atomic E-state index is 0.221. The van der Waals surface area contributed by atoms with Crippen molar-refractivity contribution >= 4 is 10.9 Å². The van der Waals surface area contributed by atoms with Crippen LogP contribution in [0.4, 0.5) is 0 Å². The van der Waals surface area contributed by atoms with Gasteiger partial charge in [-0.2, -0.15) is 5.06 Å². The molecule has 2 aromatic carbocycles. The number of phenols is 1. The largest absolute Gasteiger partial charge is 0.508 e. The van der Waals surface area contributed by atoms with Gasteiger partial charge in [-0.1, -0.05) is 30.3 Å². The number of rotatable bonds is 1. The van der Waals surface area contributed by atoms with Gasteiger partial charge in [0.25, 0.3) is 0 Å². The normalized spacial score (nSPS) is 18.8. The van der Waals surface area contributed by atoms with Gasteiger partial charge in [0.05, 0.1) is 0 Å². The summed E-state index contributed by atoms with van der Waals surface area (Å²) in [5, 5.41) is 22.4. The van der Waals surface area contributed by atoms with E-state index in [9.17, 15) is 10.3 Å². The zero-order valence-corrected chi connectivity index (χ0v) is 11.5. The van der Waals surface area contributed by atoms with Gasteiger partial charge < -0.3 is 15.3 Å². The maximum atomic E-state index is 10.3. The maximum Gasteiger partial charge on any atom is 0.115 e. The number of aromatic nitrogens is 1. The molecule has 21 heavy (non-hydrogen) atoms. The Balaban J connectivity index is 1.90. The zero-order valence-electron chi connectivity index (χ0n) is 11.5. The number of para-hydroxylation sites is 1. The Morgan fingerprint density at radius 2 is 1.81 bits per heavy atom. The zero-order chi connectivity index (χ0) is 14.4. The number of phenolic OH excluding ortho intramolecular Hbond substituents is 1. The molecular weight excluding hydrogens is 264 g/mol. The van der Waals surface area contributed by atoms with Crippen LogP contribution in [0.15, 0.2) is 48.5 Å². The Hall–Kier alpha value is -2.30. The van der Waals surface area contributed by atoms with Gasteiger partial charge in [0.2, 0.25) is 0 Å². The third-order valence-electron chi connectivity index (χ3n) is 4.22. The fourth-order valence-electron chi connectivity index (χ4n) is 3.22. The third-order valence-corrected chi connectivity index (χ3v) is 4.22. The average molecular weight is 280 g/mol. The van der Waals surface area contributed by atoms with Gasteiger partial charge in [-0.15, -0.1) is 0 Å². The van der Waals surface area contributed by atoms with Crippen LogP contribution in [0.3, 0.4) is 0 Å². The van der Waals surface area contributed by atoms with Crippen molar-refractivity contribution in [1.29, 1.82) is 0 Å². The Labute approximate surface area is 122 Å². The molecule has 0 bridgehead atoms. The van der Waals surface area contributed by atoms with E-state index in [0.29, 0.717) is 6.54 Å². The lowest BCUT2D eigenvalue weighted by Gasteiger charge is -2.31. The van der Waals surface area contributed by atoms with Crippen molar-refractivity contribution in [3.05, 3.63) is 65.4 Å². The van der Waals surface area contributed by atoms with E-state index in [0.717, 1.165) is 23.2 Å². The number of nitrogens with zero attached hydrogens (tertiary/aromatic N) is 1. The molecular formula is C17H16N2O2. The first-order valence-electron chi connectivity index (χ1n) is 7.08. The minimum atomic E-state index is -0.221. The van der Waals surface area contributed by atoms with Crippen molar-refractivity contribution in [3.63, 3.8) is 0 Å². The van der Waals surface area contributed by atoms with Crippen LogP contribution in [0, 0.1) is 0 Å². The maximum absolute atomic E-state index is 10.3. The molecule has 1 unspecified atom stereocenters. The first-order valence-corrected chi connectivity index (χ1v) is 7.08. The number of H-pyrrole nitrogens is 1. The highest BCUT2D eigenvalue weighted by molar-refractivity contribution is 5.85. The Kier molecular flexibility index (Phi) is 2.74. The Morgan fingerprint density at radius 1 is 1.05 bits per heavy atom. The molecule has 3 N–H and O–H groups in total. The smallest absolute Gasteiger partial charge is 0.115 e. The van der Waals surface area contributed by atoms with E-state index in [1.54, 1.807) is 12.1 Å². The van der Waals surface area contributed by atoms with Crippen LogP contribution in [0.25, 0.3) is 10.9 Å². The van der Waals surface area contributed by atoms with Crippen molar-refractivity contribution in [2.75, 3.05) is 6.54 Å². The lowest BCUT2D eigenvalue weighted by molar-refractivity contribution is -0.122. The molecule has 1 aliphatic heterocycles. The highest BCUT2D eigenvalue weighted by Crippen LogP contribution is 2.37. The van der Waals surface area contributed by atoms with Gasteiger partial charge in [-0.05, 0) is 35.7 Å². The number of hydrogen-bond donors (Lipinski definition) is 3. The van der Waals surface area contributed by atoms with E-state index in [1.165, 1.54) is 16.0 Å². The molecule has 3 aromatic rings. The first kappa shape index (κ1) is 12.4. The standard InChI is InChI=1S/C17H16N2O2/c20-12-7-5-11(6-8-12)17-16-14(9-10-19(17)21)13-3-1-2-4-15(13)18-16/h1-8,17-18,20-21H,9-10H2. The van der Waals surface area contributed by atoms with Gasteiger partial charge in [-0.25, -0.2) is 0 Å². The van der Waals surface area contributed by atoms with Crippen LogP contribution >= 0.6 is 0 Å². The summed E-state index contributed by atoms with van der Waals surface area (Å²) in [6, 6.07) is 15.0. The van der Waals surface area contributed by atoms with Crippen molar-refractivity contribution in [1.82, 2.24) is 10.0 Å². The number of hydrogen-bond acceptors (Lipinski definition) is 3. The van der Waals surface area contributed by atoms with E-state index in [4.69, 9.17) is 0 Å². The SMILES string of the molecule is Oc1ccc(C2c3[nH]c4ccccc4c3CCN2O)cc1. The molecule has 0 fully saturated rings. The van der Waals surface area contributed by atoms with E-state index in [1.807, 2.05) is 24.3 Å². The number of aromatic hydroxyl groups is 1. The summed E-state index contributed by atoms with van der Waals surface area (Å²) < 4.78 is 0. The van der Waals surface area contributed by atoms with E-state index in [2.05, 4.69) is 17.1 Å². The van der Waals surface area contributed by atoms with Crippen molar-refractivity contribution in [2.24, 2.45) is 0 Å². The average Bonchev–Trinajstić information content (AvgIpc) is 2.87. The second-order valence-corrected chi connectivity index (χ2v) is 5.47. The Bertz CT molecular complexity index is 792. The van der Waals surface area contributed by atoms with E-state index in [-0.39, 0.29) is 11.8 Å². The topological polar surface area (TPSA) is 59.5 Å². The summed E-state index contributed by atoms with van der Waals surface area (Å²) in [5.74, 6) is 0.232. The van der Waals surface area contributed by atoms with Crippen LogP contribution in [-0.2, 0) is 6.42 Å². The molecule has 0 spiro atoms. The molecule has 0 aliphatic carbocycles. The summed E-state index contributed by atoms with van der Waals surface area (Å²) in [6.45, 7) is 0.598. The van der Waals surface area contributed by atoms with Gasteiger partial charge in [-0.3, -0.25) is 0 Å². The third kappa shape index (κ3) is 1.92. The van der Waals surface area contributed by atoms with Crippen LogP contribution in [0.1, 0.15) is 22.9 Å². The fourth-order valence-corrected chi connectivity index (χ4v) is 3.22. The second-order valence-electron chi connectivity index (χ2n) is 5.47. The predicted octanol–water partition coefficient (Wildman–Crippen LogP) is 3.21. The quantitative estimate of drug-likeness (QED) is 0.641. The summed E-state index contributed by atoms with van der Waals surface area (Å²) in [7, 11) is 0. The molecule has 0 saturated carbocycles. The molecule has 0 amide bonds. The highest BCUT2D eigenvalue weighted by atomic mass is 16.5. The molecule has 1 aliphatic rings.